The van der Waals surface area contributed by atoms with Gasteiger partial charge in [0.2, 0.25) is 0 Å². The Hall–Kier alpha value is -0.710. The third kappa shape index (κ3) is 2.30. The molecule has 0 amide bonds. The van der Waals surface area contributed by atoms with Gasteiger partial charge < -0.3 is 5.11 Å². The van der Waals surface area contributed by atoms with Crippen LogP contribution >= 0.6 is 11.6 Å². The van der Waals surface area contributed by atoms with Gasteiger partial charge in [-0.15, -0.1) is 0 Å². The average molecular weight is 254 g/mol. The topological polar surface area (TPSA) is 49.2 Å². The van der Waals surface area contributed by atoms with Crippen LogP contribution in [0.4, 0.5) is 0 Å². The molecule has 0 radical (unpaired) electrons. The van der Waals surface area contributed by atoms with E-state index in [2.05, 4.69) is 14.9 Å². The number of hydrogen-bond acceptors (Lipinski definition) is 4. The first-order valence-electron chi connectivity index (χ1n) is 6.00. The summed E-state index contributed by atoms with van der Waals surface area (Å²) in [7, 11) is 0. The molecule has 92 valence electrons. The second kappa shape index (κ2) is 3.90. The molecular formula is C12H16ClN3O. The molecule has 0 unspecified atom stereocenters. The summed E-state index contributed by atoms with van der Waals surface area (Å²) in [6.07, 6.45) is 2.36. The standard InChI is InChI=1S/C12H16ClN3O/c1-8-4-10(13)15-11(14-8)5-16-6-12(17,7-16)9-2-3-9/h4,9,17H,2-3,5-7H2,1H3. The first kappa shape index (κ1) is 11.4. The number of likely N-dealkylation sites (tertiary alicyclic amines) is 1. The van der Waals surface area contributed by atoms with Crippen molar-refractivity contribution in [3.63, 3.8) is 0 Å². The van der Waals surface area contributed by atoms with Crippen molar-refractivity contribution in [2.75, 3.05) is 13.1 Å². The van der Waals surface area contributed by atoms with E-state index in [0.717, 1.165) is 24.6 Å². The van der Waals surface area contributed by atoms with E-state index in [1.807, 2.05) is 6.92 Å². The Morgan fingerprint density at radius 1 is 1.47 bits per heavy atom. The summed E-state index contributed by atoms with van der Waals surface area (Å²) in [5.41, 5.74) is 0.450. The normalized spacial score (nSPS) is 23.5. The lowest BCUT2D eigenvalue weighted by molar-refractivity contribution is -0.117. The zero-order chi connectivity index (χ0) is 12.0. The van der Waals surface area contributed by atoms with Crippen LogP contribution in [-0.2, 0) is 6.54 Å². The maximum absolute atomic E-state index is 10.2. The SMILES string of the molecule is Cc1cc(Cl)nc(CN2CC(O)(C3CC3)C2)n1. The third-order valence-electron chi connectivity index (χ3n) is 3.57. The monoisotopic (exact) mass is 253 g/mol. The van der Waals surface area contributed by atoms with E-state index in [4.69, 9.17) is 11.6 Å². The number of rotatable bonds is 3. The molecule has 1 aromatic heterocycles. The fourth-order valence-corrected chi connectivity index (χ4v) is 2.83. The summed E-state index contributed by atoms with van der Waals surface area (Å²) in [6, 6.07) is 1.75. The highest BCUT2D eigenvalue weighted by molar-refractivity contribution is 6.29. The lowest BCUT2D eigenvalue weighted by atomic mass is 9.89. The van der Waals surface area contributed by atoms with Gasteiger partial charge in [-0.3, -0.25) is 4.90 Å². The maximum Gasteiger partial charge on any atom is 0.144 e. The van der Waals surface area contributed by atoms with Gasteiger partial charge in [-0.1, -0.05) is 11.6 Å². The number of aromatic nitrogens is 2. The van der Waals surface area contributed by atoms with Crippen molar-refractivity contribution in [1.82, 2.24) is 14.9 Å². The van der Waals surface area contributed by atoms with Crippen molar-refractivity contribution in [2.45, 2.75) is 31.9 Å². The number of aliphatic hydroxyl groups is 1. The molecule has 1 saturated heterocycles. The molecule has 2 aliphatic rings. The molecule has 17 heavy (non-hydrogen) atoms. The van der Waals surface area contributed by atoms with E-state index in [9.17, 15) is 5.11 Å². The predicted octanol–water partition coefficient (Wildman–Crippen LogP) is 1.40. The highest BCUT2D eigenvalue weighted by atomic mass is 35.5. The molecule has 0 aromatic carbocycles. The minimum atomic E-state index is -0.437. The number of halogens is 1. The van der Waals surface area contributed by atoms with E-state index < -0.39 is 5.60 Å². The molecule has 3 rings (SSSR count). The Morgan fingerprint density at radius 3 is 2.76 bits per heavy atom. The summed E-state index contributed by atoms with van der Waals surface area (Å²) < 4.78 is 0. The minimum absolute atomic E-state index is 0.437. The fraction of sp³-hybridized carbons (Fsp3) is 0.667. The summed E-state index contributed by atoms with van der Waals surface area (Å²) >= 11 is 5.89. The van der Waals surface area contributed by atoms with Crippen molar-refractivity contribution in [3.05, 3.63) is 22.7 Å². The minimum Gasteiger partial charge on any atom is -0.387 e. The van der Waals surface area contributed by atoms with Crippen molar-refractivity contribution >= 4 is 11.6 Å². The van der Waals surface area contributed by atoms with Gasteiger partial charge in [0.05, 0.1) is 12.1 Å². The van der Waals surface area contributed by atoms with Crippen LogP contribution in [0, 0.1) is 12.8 Å². The molecular weight excluding hydrogens is 238 g/mol. The molecule has 0 bridgehead atoms. The number of nitrogens with zero attached hydrogens (tertiary/aromatic N) is 3. The fourth-order valence-electron chi connectivity index (χ4n) is 2.58. The Balaban J connectivity index is 1.61. The Labute approximate surface area is 106 Å². The molecule has 1 aromatic rings. The van der Waals surface area contributed by atoms with Gasteiger partial charge >= 0.3 is 0 Å². The van der Waals surface area contributed by atoms with E-state index in [1.54, 1.807) is 6.07 Å². The van der Waals surface area contributed by atoms with Crippen LogP contribution in [0.3, 0.4) is 0 Å². The molecule has 2 heterocycles. The molecule has 1 saturated carbocycles. The Bertz CT molecular complexity index is 421. The van der Waals surface area contributed by atoms with Gasteiger partial charge in [-0.2, -0.15) is 0 Å². The van der Waals surface area contributed by atoms with Crippen LogP contribution in [0.1, 0.15) is 24.4 Å². The van der Waals surface area contributed by atoms with E-state index in [0.29, 0.717) is 17.6 Å². The van der Waals surface area contributed by atoms with Gasteiger partial charge in [0.15, 0.2) is 0 Å². The van der Waals surface area contributed by atoms with Crippen molar-refractivity contribution < 1.29 is 5.11 Å². The van der Waals surface area contributed by atoms with Gasteiger partial charge in [0.1, 0.15) is 11.0 Å². The first-order valence-corrected chi connectivity index (χ1v) is 6.38. The highest BCUT2D eigenvalue weighted by Crippen LogP contribution is 2.44. The smallest absolute Gasteiger partial charge is 0.144 e. The third-order valence-corrected chi connectivity index (χ3v) is 3.76. The van der Waals surface area contributed by atoms with Crippen LogP contribution in [0.15, 0.2) is 6.07 Å². The first-order chi connectivity index (χ1) is 8.05. The summed E-state index contributed by atoms with van der Waals surface area (Å²) in [5, 5.41) is 10.7. The average Bonchev–Trinajstić information content (AvgIpc) is 2.95. The van der Waals surface area contributed by atoms with Crippen LogP contribution in [0.5, 0.6) is 0 Å². The van der Waals surface area contributed by atoms with Crippen molar-refractivity contribution in [3.8, 4) is 0 Å². The zero-order valence-electron chi connectivity index (χ0n) is 9.86. The van der Waals surface area contributed by atoms with Gasteiger partial charge in [-0.05, 0) is 31.7 Å². The molecule has 2 fully saturated rings. The Kier molecular flexibility index (Phi) is 2.61. The Morgan fingerprint density at radius 2 is 2.18 bits per heavy atom. The maximum atomic E-state index is 10.2. The van der Waals surface area contributed by atoms with E-state index in [1.165, 1.54) is 12.8 Å². The summed E-state index contributed by atoms with van der Waals surface area (Å²) in [6.45, 7) is 4.07. The van der Waals surface area contributed by atoms with E-state index in [-0.39, 0.29) is 0 Å². The zero-order valence-corrected chi connectivity index (χ0v) is 10.6. The second-order valence-electron chi connectivity index (χ2n) is 5.27. The molecule has 1 aliphatic carbocycles. The van der Waals surface area contributed by atoms with Crippen LogP contribution in [0.2, 0.25) is 5.15 Å². The molecule has 1 N–H and O–H groups in total. The number of hydrogen-bond donors (Lipinski definition) is 1. The van der Waals surface area contributed by atoms with Crippen LogP contribution in [-0.4, -0.2) is 38.7 Å². The molecule has 0 atom stereocenters. The molecule has 5 heteroatoms. The summed E-state index contributed by atoms with van der Waals surface area (Å²) in [4.78, 5) is 10.7. The molecule has 1 aliphatic heterocycles. The van der Waals surface area contributed by atoms with Gasteiger partial charge in [0.25, 0.3) is 0 Å². The van der Waals surface area contributed by atoms with E-state index >= 15 is 0 Å². The largest absolute Gasteiger partial charge is 0.387 e. The van der Waals surface area contributed by atoms with Gasteiger partial charge in [-0.25, -0.2) is 9.97 Å². The highest BCUT2D eigenvalue weighted by Gasteiger charge is 2.51. The molecule has 0 spiro atoms. The van der Waals surface area contributed by atoms with Crippen molar-refractivity contribution in [2.24, 2.45) is 5.92 Å². The van der Waals surface area contributed by atoms with Crippen LogP contribution in [0.25, 0.3) is 0 Å². The predicted molar refractivity (Wildman–Crippen MR) is 64.7 cm³/mol. The van der Waals surface area contributed by atoms with Gasteiger partial charge in [0, 0.05) is 18.8 Å². The second-order valence-corrected chi connectivity index (χ2v) is 5.66. The quantitative estimate of drug-likeness (QED) is 0.828. The lowest BCUT2D eigenvalue weighted by Crippen LogP contribution is -2.62. The lowest BCUT2D eigenvalue weighted by Gasteiger charge is -2.46. The number of aryl methyl sites for hydroxylation is 1. The van der Waals surface area contributed by atoms with Crippen LogP contribution < -0.4 is 0 Å². The number of β-amino-alcohol motifs (C(OH)–C–C–N with tert-alkyl or cyclic N) is 1. The molecule has 4 nitrogen and oxygen atoms in total. The summed E-state index contributed by atoms with van der Waals surface area (Å²) in [5.74, 6) is 1.27. The van der Waals surface area contributed by atoms with Crippen molar-refractivity contribution in [1.29, 1.82) is 0 Å².